The predicted octanol–water partition coefficient (Wildman–Crippen LogP) is 2.38. The minimum atomic E-state index is 0.454. The molecule has 0 amide bonds. The zero-order valence-corrected chi connectivity index (χ0v) is 9.05. The van der Waals surface area contributed by atoms with Crippen LogP contribution in [0.5, 0.6) is 0 Å². The predicted molar refractivity (Wildman–Crippen MR) is 60.5 cm³/mol. The first-order chi connectivity index (χ1) is 6.79. The van der Waals surface area contributed by atoms with E-state index in [4.69, 9.17) is 5.73 Å². The summed E-state index contributed by atoms with van der Waals surface area (Å²) >= 11 is 1.71. The molecule has 0 aliphatic heterocycles. The molecular formula is C11H14N2S. The fourth-order valence-corrected chi connectivity index (χ4v) is 2.26. The molecule has 1 aromatic rings. The van der Waals surface area contributed by atoms with E-state index in [2.05, 4.69) is 28.6 Å². The van der Waals surface area contributed by atoms with Crippen LogP contribution >= 0.6 is 11.3 Å². The van der Waals surface area contributed by atoms with Crippen LogP contribution in [0.3, 0.4) is 0 Å². The van der Waals surface area contributed by atoms with E-state index < -0.39 is 0 Å². The third-order valence-electron chi connectivity index (χ3n) is 2.43. The van der Waals surface area contributed by atoms with Crippen molar-refractivity contribution in [3.8, 4) is 0 Å². The van der Waals surface area contributed by atoms with Crippen LogP contribution in [0.2, 0.25) is 0 Å². The Kier molecular flexibility index (Phi) is 2.79. The van der Waals surface area contributed by atoms with Crippen molar-refractivity contribution in [3.63, 3.8) is 0 Å². The van der Waals surface area contributed by atoms with Gasteiger partial charge >= 0.3 is 0 Å². The number of nitrogens with zero attached hydrogens (tertiary/aromatic N) is 1. The summed E-state index contributed by atoms with van der Waals surface area (Å²) in [5.74, 6) is 0.454. The van der Waals surface area contributed by atoms with Crippen LogP contribution in [0.1, 0.15) is 23.0 Å². The number of rotatable bonds is 2. The third-order valence-corrected chi connectivity index (χ3v) is 3.22. The van der Waals surface area contributed by atoms with Crippen molar-refractivity contribution in [2.75, 3.05) is 6.54 Å². The molecule has 3 heteroatoms. The van der Waals surface area contributed by atoms with Crippen molar-refractivity contribution in [2.45, 2.75) is 19.3 Å². The summed E-state index contributed by atoms with van der Waals surface area (Å²) in [6, 6.07) is 0. The molecule has 0 spiro atoms. The lowest BCUT2D eigenvalue weighted by molar-refractivity contribution is 0.810. The summed E-state index contributed by atoms with van der Waals surface area (Å²) in [5.41, 5.74) is 7.98. The Morgan fingerprint density at radius 2 is 2.50 bits per heavy atom. The zero-order chi connectivity index (χ0) is 9.97. The van der Waals surface area contributed by atoms with Gasteiger partial charge < -0.3 is 5.73 Å². The second-order valence-corrected chi connectivity index (χ2v) is 4.54. The number of hydrogen-bond donors (Lipinski definition) is 1. The van der Waals surface area contributed by atoms with Gasteiger partial charge in [-0.15, -0.1) is 11.3 Å². The first-order valence-electron chi connectivity index (χ1n) is 4.79. The molecule has 0 saturated heterocycles. The number of thiazole rings is 1. The number of allylic oxidation sites excluding steroid dienone is 2. The van der Waals surface area contributed by atoms with Gasteiger partial charge in [-0.2, -0.15) is 0 Å². The second kappa shape index (κ2) is 4.07. The summed E-state index contributed by atoms with van der Waals surface area (Å²) < 4.78 is 0. The van der Waals surface area contributed by atoms with Gasteiger partial charge in [-0.1, -0.05) is 18.2 Å². The fourth-order valence-electron chi connectivity index (χ4n) is 1.59. The van der Waals surface area contributed by atoms with Crippen molar-refractivity contribution in [2.24, 2.45) is 5.73 Å². The number of hydrogen-bond acceptors (Lipinski definition) is 3. The lowest BCUT2D eigenvalue weighted by Crippen LogP contribution is -2.06. The third kappa shape index (κ3) is 1.94. The van der Waals surface area contributed by atoms with Gasteiger partial charge in [0.05, 0.1) is 10.7 Å². The van der Waals surface area contributed by atoms with Crippen molar-refractivity contribution in [1.82, 2.24) is 4.98 Å². The summed E-state index contributed by atoms with van der Waals surface area (Å²) in [6.45, 7) is 2.68. The molecule has 0 bridgehead atoms. The topological polar surface area (TPSA) is 38.9 Å². The maximum Gasteiger partial charge on any atom is 0.0897 e. The summed E-state index contributed by atoms with van der Waals surface area (Å²) in [4.78, 5) is 4.49. The average molecular weight is 206 g/mol. The maximum absolute atomic E-state index is 5.56. The van der Waals surface area contributed by atoms with E-state index in [9.17, 15) is 0 Å². The van der Waals surface area contributed by atoms with Crippen LogP contribution in [0, 0.1) is 6.92 Å². The Labute approximate surface area is 88.2 Å². The molecule has 2 rings (SSSR count). The van der Waals surface area contributed by atoms with Gasteiger partial charge in [0.25, 0.3) is 0 Å². The van der Waals surface area contributed by atoms with Gasteiger partial charge in [0, 0.05) is 17.8 Å². The summed E-state index contributed by atoms with van der Waals surface area (Å²) in [6.07, 6.45) is 7.56. The molecule has 1 aliphatic carbocycles. The summed E-state index contributed by atoms with van der Waals surface area (Å²) in [5, 5.41) is 3.29. The number of aryl methyl sites for hydroxylation is 1. The molecule has 2 N–H and O–H groups in total. The average Bonchev–Trinajstić information content (AvgIpc) is 2.65. The van der Waals surface area contributed by atoms with E-state index in [1.165, 1.54) is 11.3 Å². The molecule has 1 atom stereocenters. The van der Waals surface area contributed by atoms with Gasteiger partial charge in [0.15, 0.2) is 0 Å². The second-order valence-electron chi connectivity index (χ2n) is 3.48. The van der Waals surface area contributed by atoms with Crippen molar-refractivity contribution in [1.29, 1.82) is 0 Å². The van der Waals surface area contributed by atoms with Crippen LogP contribution in [0.4, 0.5) is 0 Å². The smallest absolute Gasteiger partial charge is 0.0897 e. The Morgan fingerprint density at radius 3 is 3.00 bits per heavy atom. The van der Waals surface area contributed by atoms with Gasteiger partial charge in [-0.05, 0) is 18.9 Å². The van der Waals surface area contributed by atoms with Gasteiger partial charge in [-0.25, -0.2) is 4.98 Å². The molecule has 1 aliphatic rings. The van der Waals surface area contributed by atoms with E-state index >= 15 is 0 Å². The highest BCUT2D eigenvalue weighted by atomic mass is 32.1. The molecule has 74 valence electrons. The van der Waals surface area contributed by atoms with Crippen LogP contribution in [-0.2, 0) is 0 Å². The monoisotopic (exact) mass is 206 g/mol. The van der Waals surface area contributed by atoms with E-state index in [0.29, 0.717) is 12.5 Å². The highest BCUT2D eigenvalue weighted by molar-refractivity contribution is 7.09. The molecule has 14 heavy (non-hydrogen) atoms. The van der Waals surface area contributed by atoms with Gasteiger partial charge in [-0.3, -0.25) is 0 Å². The van der Waals surface area contributed by atoms with Crippen molar-refractivity contribution >= 4 is 11.3 Å². The molecule has 0 fully saturated rings. The van der Waals surface area contributed by atoms with Crippen molar-refractivity contribution in [3.05, 3.63) is 39.9 Å². The van der Waals surface area contributed by atoms with E-state index in [-0.39, 0.29) is 0 Å². The minimum Gasteiger partial charge on any atom is -0.327 e. The fraction of sp³-hybridized carbons (Fsp3) is 0.364. The highest BCUT2D eigenvalue weighted by Gasteiger charge is 2.12. The SMILES string of the molecule is Cc1nc(C2C=CC(CN)=CC2)cs1. The Bertz CT molecular complexity index is 376. The largest absolute Gasteiger partial charge is 0.327 e. The standard InChI is InChI=1S/C11H14N2S/c1-8-13-11(7-14-8)10-4-2-9(6-12)3-5-10/h2-4,7,10H,5-6,12H2,1H3. The maximum atomic E-state index is 5.56. The molecule has 0 saturated carbocycles. The number of aromatic nitrogens is 1. The lowest BCUT2D eigenvalue weighted by Gasteiger charge is -2.13. The quantitative estimate of drug-likeness (QED) is 0.807. The molecule has 0 aromatic carbocycles. The van der Waals surface area contributed by atoms with Crippen LogP contribution in [0.25, 0.3) is 0 Å². The normalized spacial score (nSPS) is 21.0. The van der Waals surface area contributed by atoms with E-state index in [0.717, 1.165) is 11.4 Å². The van der Waals surface area contributed by atoms with E-state index in [1.54, 1.807) is 11.3 Å². The Hall–Kier alpha value is -0.930. The van der Waals surface area contributed by atoms with Crippen LogP contribution < -0.4 is 5.73 Å². The molecular weight excluding hydrogens is 192 g/mol. The van der Waals surface area contributed by atoms with Crippen LogP contribution in [0.15, 0.2) is 29.2 Å². The van der Waals surface area contributed by atoms with Gasteiger partial charge in [0.2, 0.25) is 0 Å². The molecule has 2 nitrogen and oxygen atoms in total. The minimum absolute atomic E-state index is 0.454. The molecule has 1 unspecified atom stereocenters. The van der Waals surface area contributed by atoms with Crippen molar-refractivity contribution < 1.29 is 0 Å². The highest BCUT2D eigenvalue weighted by Crippen LogP contribution is 2.27. The molecule has 1 aromatic heterocycles. The zero-order valence-electron chi connectivity index (χ0n) is 8.23. The summed E-state index contributed by atoms with van der Waals surface area (Å²) in [7, 11) is 0. The number of nitrogens with two attached hydrogens (primary N) is 1. The lowest BCUT2D eigenvalue weighted by atomic mass is 9.94. The van der Waals surface area contributed by atoms with Gasteiger partial charge in [0.1, 0.15) is 0 Å². The Morgan fingerprint density at radius 1 is 1.64 bits per heavy atom. The first-order valence-corrected chi connectivity index (χ1v) is 5.67. The molecule has 1 heterocycles. The Balaban J connectivity index is 2.11. The van der Waals surface area contributed by atoms with E-state index in [1.807, 2.05) is 6.92 Å². The molecule has 0 radical (unpaired) electrons. The van der Waals surface area contributed by atoms with Crippen LogP contribution in [-0.4, -0.2) is 11.5 Å². The first kappa shape index (κ1) is 9.62.